The molecule has 0 amide bonds. The Hall–Kier alpha value is -2.58. The summed E-state index contributed by atoms with van der Waals surface area (Å²) < 4.78 is 11.3. The number of nitrogens with zero attached hydrogens (tertiary/aromatic N) is 2. The zero-order valence-corrected chi connectivity index (χ0v) is 14.0. The third kappa shape index (κ3) is 5.90. The molecule has 1 N–H and O–H groups in total. The molecule has 5 nitrogen and oxygen atoms in total. The molecule has 1 aromatic carbocycles. The van der Waals surface area contributed by atoms with Crippen LogP contribution in [0.25, 0.3) is 0 Å². The number of benzene rings is 1. The number of methoxy groups -OCH3 is 1. The maximum absolute atomic E-state index is 8.51. The standard InChI is InChI=1S/C19H23N3O2/c1-23-18-8-7-16(13-21-10-4-2-3-9-20)12-19(18)24-15-17-6-5-11-22-14-17/h5-8,11-12,14,21H,2-4,10,13,15H2,1H3. The summed E-state index contributed by atoms with van der Waals surface area (Å²) in [4.78, 5) is 4.09. The average molecular weight is 325 g/mol. The van der Waals surface area contributed by atoms with E-state index in [4.69, 9.17) is 14.7 Å². The van der Waals surface area contributed by atoms with Gasteiger partial charge in [-0.25, -0.2) is 0 Å². The van der Waals surface area contributed by atoms with Gasteiger partial charge in [-0.3, -0.25) is 4.98 Å². The molecule has 0 saturated carbocycles. The third-order valence-electron chi connectivity index (χ3n) is 3.57. The molecule has 5 heteroatoms. The van der Waals surface area contributed by atoms with E-state index in [9.17, 15) is 0 Å². The van der Waals surface area contributed by atoms with Crippen molar-refractivity contribution in [2.75, 3.05) is 13.7 Å². The number of hydrogen-bond donors (Lipinski definition) is 1. The van der Waals surface area contributed by atoms with E-state index < -0.39 is 0 Å². The number of nitrogens with one attached hydrogen (secondary N) is 1. The second-order valence-corrected chi connectivity index (χ2v) is 5.43. The van der Waals surface area contributed by atoms with E-state index in [0.29, 0.717) is 13.0 Å². The van der Waals surface area contributed by atoms with Crippen molar-refractivity contribution in [3.8, 4) is 17.6 Å². The van der Waals surface area contributed by atoms with Crippen LogP contribution in [0.4, 0.5) is 0 Å². The molecular weight excluding hydrogens is 302 g/mol. The smallest absolute Gasteiger partial charge is 0.161 e. The van der Waals surface area contributed by atoms with E-state index in [1.807, 2.05) is 30.3 Å². The highest BCUT2D eigenvalue weighted by molar-refractivity contribution is 5.43. The maximum Gasteiger partial charge on any atom is 0.161 e. The summed E-state index contributed by atoms with van der Waals surface area (Å²) in [6.45, 7) is 2.12. The summed E-state index contributed by atoms with van der Waals surface area (Å²) >= 11 is 0. The zero-order valence-electron chi connectivity index (χ0n) is 14.0. The Morgan fingerprint density at radius 2 is 2.08 bits per heavy atom. The summed E-state index contributed by atoms with van der Waals surface area (Å²) in [5.74, 6) is 1.45. The first-order valence-corrected chi connectivity index (χ1v) is 8.09. The second-order valence-electron chi connectivity index (χ2n) is 5.43. The molecule has 1 aromatic heterocycles. The first kappa shape index (κ1) is 17.8. The predicted octanol–water partition coefficient (Wildman–Crippen LogP) is 3.45. The molecule has 2 aromatic rings. The van der Waals surface area contributed by atoms with Gasteiger partial charge in [-0.05, 0) is 43.1 Å². The van der Waals surface area contributed by atoms with E-state index in [-0.39, 0.29) is 0 Å². The number of rotatable bonds is 10. The van der Waals surface area contributed by atoms with Gasteiger partial charge in [0.05, 0.1) is 13.2 Å². The molecule has 1 heterocycles. The Morgan fingerprint density at radius 3 is 2.83 bits per heavy atom. The Labute approximate surface area is 143 Å². The van der Waals surface area contributed by atoms with Crippen LogP contribution in [0.3, 0.4) is 0 Å². The fourth-order valence-corrected chi connectivity index (χ4v) is 2.28. The number of nitriles is 1. The molecule has 0 spiro atoms. The molecule has 0 fully saturated rings. The number of hydrogen-bond acceptors (Lipinski definition) is 5. The largest absolute Gasteiger partial charge is 0.493 e. The van der Waals surface area contributed by atoms with Crippen molar-refractivity contribution in [1.82, 2.24) is 10.3 Å². The van der Waals surface area contributed by atoms with Crippen LogP contribution in [0.1, 0.15) is 30.4 Å². The van der Waals surface area contributed by atoms with Crippen molar-refractivity contribution in [1.29, 1.82) is 5.26 Å². The highest BCUT2D eigenvalue weighted by atomic mass is 16.5. The Kier molecular flexibility index (Phi) is 7.58. The van der Waals surface area contributed by atoms with Gasteiger partial charge in [-0.15, -0.1) is 0 Å². The van der Waals surface area contributed by atoms with Gasteiger partial charge in [0.2, 0.25) is 0 Å². The van der Waals surface area contributed by atoms with Gasteiger partial charge in [0, 0.05) is 30.9 Å². The van der Waals surface area contributed by atoms with Crippen LogP contribution in [0, 0.1) is 11.3 Å². The molecule has 0 unspecified atom stereocenters. The number of aromatic nitrogens is 1. The van der Waals surface area contributed by atoms with E-state index >= 15 is 0 Å². The monoisotopic (exact) mass is 325 g/mol. The topological polar surface area (TPSA) is 67.2 Å². The fourth-order valence-electron chi connectivity index (χ4n) is 2.28. The van der Waals surface area contributed by atoms with E-state index in [2.05, 4.69) is 16.4 Å². The molecule has 0 aliphatic rings. The van der Waals surface area contributed by atoms with Gasteiger partial charge in [-0.1, -0.05) is 12.1 Å². The lowest BCUT2D eigenvalue weighted by molar-refractivity contribution is 0.283. The Bertz CT molecular complexity index is 653. The molecule has 0 bridgehead atoms. The summed E-state index contributed by atoms with van der Waals surface area (Å²) in [5.41, 5.74) is 2.15. The number of unbranched alkanes of at least 4 members (excludes halogenated alkanes) is 2. The van der Waals surface area contributed by atoms with Gasteiger partial charge >= 0.3 is 0 Å². The van der Waals surface area contributed by atoms with Crippen molar-refractivity contribution >= 4 is 0 Å². The average Bonchev–Trinajstić information content (AvgIpc) is 2.64. The third-order valence-corrected chi connectivity index (χ3v) is 3.57. The predicted molar refractivity (Wildman–Crippen MR) is 92.7 cm³/mol. The van der Waals surface area contributed by atoms with Crippen molar-refractivity contribution in [2.24, 2.45) is 0 Å². The second kappa shape index (κ2) is 10.2. The van der Waals surface area contributed by atoms with Crippen LogP contribution in [0.2, 0.25) is 0 Å². The summed E-state index contributed by atoms with van der Waals surface area (Å²) in [6, 6.07) is 12.0. The van der Waals surface area contributed by atoms with E-state index in [1.54, 1.807) is 19.5 Å². The van der Waals surface area contributed by atoms with Crippen LogP contribution < -0.4 is 14.8 Å². The van der Waals surface area contributed by atoms with E-state index in [1.165, 1.54) is 0 Å². The molecule has 126 valence electrons. The van der Waals surface area contributed by atoms with E-state index in [0.717, 1.165) is 48.6 Å². The van der Waals surface area contributed by atoms with Crippen LogP contribution in [0.5, 0.6) is 11.5 Å². The summed E-state index contributed by atoms with van der Waals surface area (Å²) in [5, 5.41) is 11.9. The highest BCUT2D eigenvalue weighted by Gasteiger charge is 2.06. The quantitative estimate of drug-likeness (QED) is 0.678. The lowest BCUT2D eigenvalue weighted by atomic mass is 10.2. The molecule has 0 aliphatic heterocycles. The lowest BCUT2D eigenvalue weighted by Crippen LogP contribution is -2.14. The Balaban J connectivity index is 1.88. The van der Waals surface area contributed by atoms with Crippen molar-refractivity contribution in [3.63, 3.8) is 0 Å². The van der Waals surface area contributed by atoms with Gasteiger partial charge < -0.3 is 14.8 Å². The molecule has 0 radical (unpaired) electrons. The zero-order chi connectivity index (χ0) is 17.0. The van der Waals surface area contributed by atoms with Crippen LogP contribution in [-0.2, 0) is 13.2 Å². The van der Waals surface area contributed by atoms with Gasteiger partial charge in [0.1, 0.15) is 6.61 Å². The minimum absolute atomic E-state index is 0.454. The number of pyridine rings is 1. The summed E-state index contributed by atoms with van der Waals surface area (Å²) in [7, 11) is 1.64. The van der Waals surface area contributed by atoms with Crippen LogP contribution >= 0.6 is 0 Å². The minimum atomic E-state index is 0.454. The van der Waals surface area contributed by atoms with Crippen LogP contribution in [0.15, 0.2) is 42.7 Å². The van der Waals surface area contributed by atoms with Gasteiger partial charge in [0.15, 0.2) is 11.5 Å². The molecule has 0 atom stereocenters. The first-order chi connectivity index (χ1) is 11.8. The molecular formula is C19H23N3O2. The van der Waals surface area contributed by atoms with Crippen molar-refractivity contribution in [2.45, 2.75) is 32.4 Å². The molecule has 24 heavy (non-hydrogen) atoms. The fraction of sp³-hybridized carbons (Fsp3) is 0.368. The maximum atomic E-state index is 8.51. The van der Waals surface area contributed by atoms with Crippen molar-refractivity contribution < 1.29 is 9.47 Å². The normalized spacial score (nSPS) is 10.2. The number of ether oxygens (including phenoxy) is 2. The Morgan fingerprint density at radius 1 is 1.17 bits per heavy atom. The molecule has 0 aliphatic carbocycles. The molecule has 0 saturated heterocycles. The van der Waals surface area contributed by atoms with Crippen molar-refractivity contribution in [3.05, 3.63) is 53.9 Å². The molecule has 2 rings (SSSR count). The van der Waals surface area contributed by atoms with Gasteiger partial charge in [0.25, 0.3) is 0 Å². The minimum Gasteiger partial charge on any atom is -0.493 e. The highest BCUT2D eigenvalue weighted by Crippen LogP contribution is 2.28. The summed E-state index contributed by atoms with van der Waals surface area (Å²) in [6.07, 6.45) is 6.10. The first-order valence-electron chi connectivity index (χ1n) is 8.09. The SMILES string of the molecule is COc1ccc(CNCCCCC#N)cc1OCc1cccnc1. The van der Waals surface area contributed by atoms with Gasteiger partial charge in [-0.2, -0.15) is 5.26 Å². The lowest BCUT2D eigenvalue weighted by Gasteiger charge is -2.13. The van der Waals surface area contributed by atoms with Crippen LogP contribution in [-0.4, -0.2) is 18.6 Å².